The van der Waals surface area contributed by atoms with Crippen LogP contribution in [-0.4, -0.2) is 19.6 Å². The van der Waals surface area contributed by atoms with E-state index >= 15 is 0 Å². The molecular weight excluding hydrogens is 719 g/mol. The zero-order valence-electron chi connectivity index (χ0n) is 42.6. The van der Waals surface area contributed by atoms with E-state index in [0.717, 1.165) is 55.7 Å². The normalized spacial score (nSPS) is 15.0. The molecule has 9 aromatic rings. The van der Waals surface area contributed by atoms with E-state index in [4.69, 9.17) is 22.3 Å². The van der Waals surface area contributed by atoms with Gasteiger partial charge in [0.05, 0.1) is 22.3 Å². The molecule has 2 heterocycles. The molecule has 9 rings (SSSR count). The van der Waals surface area contributed by atoms with Gasteiger partial charge in [0, 0.05) is 36.7 Å². The first kappa shape index (κ1) is 27.6. The maximum absolute atomic E-state index is 11.3. The van der Waals surface area contributed by atoms with Gasteiger partial charge in [0.15, 0.2) is 0 Å². The lowest BCUT2D eigenvalue weighted by atomic mass is 9.86. The highest BCUT2D eigenvalue weighted by atomic mass is 16.3. The number of rotatable bonds is 8. The van der Waals surface area contributed by atoms with Gasteiger partial charge in [0.25, 0.3) is 0 Å². The quantitative estimate of drug-likeness (QED) is 0.167. The lowest BCUT2D eigenvalue weighted by Crippen LogP contribution is -2.10. The first-order valence-electron chi connectivity index (χ1n) is 24.5. The van der Waals surface area contributed by atoms with Crippen LogP contribution >= 0.6 is 0 Å². The van der Waals surface area contributed by atoms with Gasteiger partial charge in [0.1, 0.15) is 11.6 Å². The highest BCUT2D eigenvalue weighted by molar-refractivity contribution is 5.97. The van der Waals surface area contributed by atoms with Crippen LogP contribution in [0.2, 0.25) is 0 Å². The summed E-state index contributed by atoms with van der Waals surface area (Å²) in [6.07, 6.45) is 1.65. The van der Waals surface area contributed by atoms with Crippen LogP contribution in [0.15, 0.2) is 182 Å². The molecule has 0 unspecified atom stereocenters. The Morgan fingerprint density at radius 3 is 1.95 bits per heavy atom. The van der Waals surface area contributed by atoms with Crippen molar-refractivity contribution in [1.29, 1.82) is 0 Å². The summed E-state index contributed by atoms with van der Waals surface area (Å²) >= 11 is 0. The number of hydrogen-bond donors (Lipinski definition) is 1. The van der Waals surface area contributed by atoms with Crippen LogP contribution in [0.4, 0.5) is 0 Å². The Morgan fingerprint density at radius 2 is 1.22 bits per heavy atom. The number of nitrogens with zero attached hydrogens (tertiary/aromatic N) is 3. The van der Waals surface area contributed by atoms with Gasteiger partial charge in [-0.15, -0.1) is 0 Å². The molecule has 0 aliphatic heterocycles. The number of pyridine rings is 1. The second-order valence-electron chi connectivity index (χ2n) is 15.0. The third kappa shape index (κ3) is 7.35. The Balaban J connectivity index is 1.21. The van der Waals surface area contributed by atoms with Crippen LogP contribution in [-0.2, 0) is 5.41 Å². The van der Waals surface area contributed by atoms with Gasteiger partial charge in [-0.2, -0.15) is 0 Å². The van der Waals surface area contributed by atoms with Crippen molar-refractivity contribution >= 4 is 11.0 Å². The van der Waals surface area contributed by atoms with Crippen molar-refractivity contribution in [2.75, 3.05) is 0 Å². The van der Waals surface area contributed by atoms with Crippen molar-refractivity contribution in [1.82, 2.24) is 14.5 Å². The van der Waals surface area contributed by atoms with Crippen LogP contribution in [0.5, 0.6) is 5.75 Å². The molecule has 0 fully saturated rings. The van der Waals surface area contributed by atoms with E-state index < -0.39 is 31.9 Å². The minimum atomic E-state index is -3.37. The third-order valence-corrected chi connectivity index (χ3v) is 10.8. The van der Waals surface area contributed by atoms with Crippen molar-refractivity contribution in [3.05, 3.63) is 193 Å². The number of fused-ring (bicyclic) bond motifs is 1. The average molecular weight is 776 g/mol. The molecule has 0 atom stereocenters. The first-order valence-corrected chi connectivity index (χ1v) is 19.5. The summed E-state index contributed by atoms with van der Waals surface area (Å²) in [7, 11) is 0. The fourth-order valence-electron chi connectivity index (χ4n) is 7.80. The Morgan fingerprint density at radius 1 is 0.559 bits per heavy atom. The molecule has 0 spiro atoms. The summed E-state index contributed by atoms with van der Waals surface area (Å²) in [6.45, 7) is -6.37. The maximum Gasteiger partial charge on any atom is 0.149 e. The predicted molar refractivity (Wildman–Crippen MR) is 246 cm³/mol. The highest BCUT2D eigenvalue weighted by Gasteiger charge is 2.22. The van der Waals surface area contributed by atoms with Gasteiger partial charge < -0.3 is 5.11 Å². The molecule has 0 bridgehead atoms. The van der Waals surface area contributed by atoms with E-state index in [9.17, 15) is 6.48 Å². The molecule has 0 aliphatic carbocycles. The van der Waals surface area contributed by atoms with E-state index in [1.807, 2.05) is 140 Å². The monoisotopic (exact) mass is 775 g/mol. The zero-order chi connectivity index (χ0) is 49.1. The highest BCUT2D eigenvalue weighted by Crippen LogP contribution is 2.41. The number of hydrogen-bond acceptors (Lipinski definition) is 3. The van der Waals surface area contributed by atoms with Crippen LogP contribution in [0.25, 0.3) is 83.9 Å². The van der Waals surface area contributed by atoms with E-state index in [1.165, 1.54) is 12.1 Å². The first-order chi connectivity index (χ1) is 32.7. The topological polar surface area (TPSA) is 50.9 Å². The number of aromatic hydroxyl groups is 1. The largest absolute Gasteiger partial charge is 0.507 e. The van der Waals surface area contributed by atoms with E-state index in [0.29, 0.717) is 33.7 Å². The molecule has 7 aromatic carbocycles. The van der Waals surface area contributed by atoms with Gasteiger partial charge in [-0.3, -0.25) is 9.55 Å². The summed E-state index contributed by atoms with van der Waals surface area (Å²) in [5, 5.41) is 11.3. The SMILES string of the molecule is [2H]C(C)(C)c1cc(-n2c(-c3ccccc3O)nc3c(-c4cc(-c5ccccc5)cc(-c5cc(-c6ccc(C(C([2H])([2H])[2H])(C([2H])([2H])[2H])C([2H])([2H])[2H])cc6)ccn5)c4)cccc32)ccc1-c1ccccc1. The van der Waals surface area contributed by atoms with E-state index in [1.54, 1.807) is 36.5 Å². The molecule has 0 saturated carbocycles. The number of phenols is 1. The average Bonchev–Trinajstić information content (AvgIpc) is 3.70. The second-order valence-corrected chi connectivity index (χ2v) is 15.0. The molecule has 2 aromatic heterocycles. The van der Waals surface area contributed by atoms with Crippen molar-refractivity contribution in [2.45, 2.75) is 45.7 Å². The molecule has 0 radical (unpaired) electrons. The Hall–Kier alpha value is -7.04. The molecule has 1 N–H and O–H groups in total. The van der Waals surface area contributed by atoms with Crippen LogP contribution < -0.4 is 0 Å². The number of imidazole rings is 1. The molecule has 288 valence electrons. The Bertz CT molecular complexity index is 3300. The van der Waals surface area contributed by atoms with Crippen LogP contribution in [0.3, 0.4) is 0 Å². The van der Waals surface area contributed by atoms with Crippen molar-refractivity contribution in [3.63, 3.8) is 0 Å². The maximum atomic E-state index is 11.3. The fraction of sp³-hybridized carbons (Fsp3) is 0.127. The third-order valence-electron chi connectivity index (χ3n) is 10.8. The van der Waals surface area contributed by atoms with Gasteiger partial charge in [-0.1, -0.05) is 150 Å². The zero-order valence-corrected chi connectivity index (χ0v) is 32.6. The van der Waals surface area contributed by atoms with Gasteiger partial charge in [-0.25, -0.2) is 4.98 Å². The predicted octanol–water partition coefficient (Wildman–Crippen LogP) is 14.5. The molecule has 0 saturated heterocycles. The fourth-order valence-corrected chi connectivity index (χ4v) is 7.80. The Kier molecular flexibility index (Phi) is 7.18. The number of aromatic nitrogens is 3. The van der Waals surface area contributed by atoms with E-state index in [2.05, 4.69) is 12.1 Å². The molecule has 4 nitrogen and oxygen atoms in total. The summed E-state index contributed by atoms with van der Waals surface area (Å²) in [6, 6.07) is 54.7. The number of phenolic OH excluding ortho intramolecular Hbond substituents is 1. The van der Waals surface area contributed by atoms with Gasteiger partial charge >= 0.3 is 0 Å². The molecule has 4 heteroatoms. The number of para-hydroxylation sites is 2. The standard InChI is InChI=1S/C55H47N3O/c1-36(2)49-35-45(27-28-46(49)39-17-10-7-11-18-39)58-51-21-14-20-47(53(51)57-54(58)48-19-12-13-22-52(48)59)42-31-41(37-15-8-6-9-16-37)32-43(33-42)50-34-40(29-30-56-50)38-23-25-44(26-24-38)55(3,4)5/h6-36,59H,1-5H3/i3D3,4D3,5D3,36D. The van der Waals surface area contributed by atoms with Gasteiger partial charge in [-0.05, 0) is 122 Å². The van der Waals surface area contributed by atoms with Crippen molar-refractivity contribution in [2.24, 2.45) is 0 Å². The molecule has 59 heavy (non-hydrogen) atoms. The number of benzene rings is 7. The summed E-state index contributed by atoms with van der Waals surface area (Å²) < 4.78 is 84.9. The van der Waals surface area contributed by atoms with Crippen LogP contribution in [0.1, 0.15) is 65.1 Å². The minimum absolute atomic E-state index is 0.0673. The minimum Gasteiger partial charge on any atom is -0.507 e. The summed E-state index contributed by atoms with van der Waals surface area (Å²) in [5.41, 5.74) is 8.29. The summed E-state index contributed by atoms with van der Waals surface area (Å²) in [5.74, 6) is -0.380. The molecular formula is C55H47N3O. The van der Waals surface area contributed by atoms with Gasteiger partial charge in [0.2, 0.25) is 0 Å². The van der Waals surface area contributed by atoms with E-state index in [-0.39, 0.29) is 11.3 Å². The Labute approximate surface area is 361 Å². The smallest absolute Gasteiger partial charge is 0.149 e. The second kappa shape index (κ2) is 15.4. The lowest BCUT2D eigenvalue weighted by molar-refractivity contribution is 0.477. The van der Waals surface area contributed by atoms with Crippen molar-refractivity contribution in [3.8, 4) is 78.6 Å². The van der Waals surface area contributed by atoms with Crippen molar-refractivity contribution < 1.29 is 18.8 Å². The van der Waals surface area contributed by atoms with Crippen LogP contribution in [0, 0.1) is 0 Å². The lowest BCUT2D eigenvalue weighted by Gasteiger charge is -2.19. The summed E-state index contributed by atoms with van der Waals surface area (Å²) in [4.78, 5) is 10.1. The molecule has 0 amide bonds. The molecule has 0 aliphatic rings.